The van der Waals surface area contributed by atoms with Crippen molar-refractivity contribution in [1.29, 1.82) is 0 Å². The first-order valence-electron chi connectivity index (χ1n) is 9.32. The highest BCUT2D eigenvalue weighted by Gasteiger charge is 2.42. The van der Waals surface area contributed by atoms with Gasteiger partial charge in [-0.2, -0.15) is 0 Å². The molecule has 1 fully saturated rings. The van der Waals surface area contributed by atoms with Crippen LogP contribution in [0.15, 0.2) is 35.7 Å². The Kier molecular flexibility index (Phi) is 3.88. The first kappa shape index (κ1) is 17.0. The number of fused-ring (bicyclic) bond motifs is 3. The topological polar surface area (TPSA) is 34.5 Å². The van der Waals surface area contributed by atoms with Gasteiger partial charge in [-0.3, -0.25) is 4.79 Å². The van der Waals surface area contributed by atoms with E-state index in [1.165, 1.54) is 22.6 Å². The van der Waals surface area contributed by atoms with Crippen molar-refractivity contribution in [2.45, 2.75) is 24.9 Å². The molecule has 3 aromatic rings. The van der Waals surface area contributed by atoms with Gasteiger partial charge in [-0.05, 0) is 60.5 Å². The Balaban J connectivity index is 1.39. The first-order valence-corrected chi connectivity index (χ1v) is 10.2. The normalized spacial score (nSPS) is 18.8. The highest BCUT2D eigenvalue weighted by atomic mass is 32.1. The van der Waals surface area contributed by atoms with Crippen LogP contribution >= 0.6 is 11.3 Å². The van der Waals surface area contributed by atoms with E-state index in [1.807, 2.05) is 16.5 Å². The van der Waals surface area contributed by atoms with E-state index in [2.05, 4.69) is 11.4 Å². The van der Waals surface area contributed by atoms with E-state index in [4.69, 9.17) is 4.74 Å². The Morgan fingerprint density at radius 2 is 2.04 bits per heavy atom. The molecule has 0 unspecified atom stereocenters. The number of carbonyl (C=O) groups excluding carboxylic acids is 1. The van der Waals surface area contributed by atoms with E-state index in [1.54, 1.807) is 23.5 Å². The number of amides is 1. The number of rotatable bonds is 1. The van der Waals surface area contributed by atoms with Gasteiger partial charge in [0.05, 0.1) is 6.61 Å². The summed E-state index contributed by atoms with van der Waals surface area (Å²) >= 11 is 1.78. The van der Waals surface area contributed by atoms with Gasteiger partial charge < -0.3 is 14.2 Å². The second-order valence-corrected chi connectivity index (χ2v) is 8.37. The van der Waals surface area contributed by atoms with Crippen LogP contribution in [0.3, 0.4) is 0 Å². The molecular weight excluding hydrogens is 363 g/mol. The molecule has 1 saturated heterocycles. The molecule has 0 aliphatic carbocycles. The molecule has 2 aliphatic rings. The van der Waals surface area contributed by atoms with Crippen molar-refractivity contribution in [3.63, 3.8) is 0 Å². The first-order chi connectivity index (χ1) is 13.1. The maximum Gasteiger partial charge on any atom is 0.270 e. The summed E-state index contributed by atoms with van der Waals surface area (Å²) in [6.07, 6.45) is 2.63. The second kappa shape index (κ2) is 6.17. The van der Waals surface area contributed by atoms with Crippen LogP contribution < -0.4 is 0 Å². The monoisotopic (exact) mass is 384 g/mol. The zero-order valence-electron chi connectivity index (χ0n) is 15.2. The number of nitrogens with zero attached hydrogens (tertiary/aromatic N) is 2. The Bertz CT molecular complexity index is 1030. The molecule has 27 heavy (non-hydrogen) atoms. The van der Waals surface area contributed by atoms with Gasteiger partial charge in [0.25, 0.3) is 5.91 Å². The van der Waals surface area contributed by atoms with Crippen LogP contribution in [-0.4, -0.2) is 35.1 Å². The molecule has 1 amide bonds. The fourth-order valence-electron chi connectivity index (χ4n) is 4.48. The highest BCUT2D eigenvalue weighted by Crippen LogP contribution is 2.44. The summed E-state index contributed by atoms with van der Waals surface area (Å²) in [5, 5.41) is 2.90. The molecule has 0 radical (unpaired) electrons. The Morgan fingerprint density at radius 1 is 1.22 bits per heavy atom. The Morgan fingerprint density at radius 3 is 2.85 bits per heavy atom. The van der Waals surface area contributed by atoms with E-state index < -0.39 is 0 Å². The molecule has 0 bridgehead atoms. The van der Waals surface area contributed by atoms with Gasteiger partial charge in [0.2, 0.25) is 0 Å². The number of piperidine rings is 1. The van der Waals surface area contributed by atoms with Gasteiger partial charge in [0.15, 0.2) is 0 Å². The van der Waals surface area contributed by atoms with Gasteiger partial charge in [0, 0.05) is 35.9 Å². The molecule has 1 spiro atoms. The number of halogens is 1. The molecule has 0 atom stereocenters. The van der Waals surface area contributed by atoms with Crippen molar-refractivity contribution < 1.29 is 13.9 Å². The fourth-order valence-corrected chi connectivity index (χ4v) is 5.65. The van der Waals surface area contributed by atoms with Crippen LogP contribution in [0.5, 0.6) is 0 Å². The van der Waals surface area contributed by atoms with Crippen molar-refractivity contribution in [2.75, 3.05) is 19.7 Å². The van der Waals surface area contributed by atoms with Gasteiger partial charge >= 0.3 is 0 Å². The number of ether oxygens (including phenoxy) is 1. The van der Waals surface area contributed by atoms with Gasteiger partial charge in [0.1, 0.15) is 17.1 Å². The minimum absolute atomic E-state index is 0.00571. The SMILES string of the molecule is Cn1c(C(=O)N2CCC3(CC2)OCCc2ccsc23)cc2cc(F)ccc21. The third kappa shape index (κ3) is 2.62. The molecule has 4 nitrogen and oxygen atoms in total. The summed E-state index contributed by atoms with van der Waals surface area (Å²) in [7, 11) is 1.86. The second-order valence-electron chi connectivity index (χ2n) is 7.45. The van der Waals surface area contributed by atoms with Crippen LogP contribution in [0.4, 0.5) is 4.39 Å². The fraction of sp³-hybridized carbons (Fsp3) is 0.381. The molecule has 0 saturated carbocycles. The maximum absolute atomic E-state index is 13.5. The largest absolute Gasteiger partial charge is 0.369 e. The van der Waals surface area contributed by atoms with Crippen LogP contribution in [0.2, 0.25) is 0 Å². The average Bonchev–Trinajstić information content (AvgIpc) is 3.28. The van der Waals surface area contributed by atoms with Crippen LogP contribution in [-0.2, 0) is 23.8 Å². The van der Waals surface area contributed by atoms with E-state index in [-0.39, 0.29) is 17.3 Å². The quantitative estimate of drug-likeness (QED) is 0.634. The van der Waals surface area contributed by atoms with E-state index in [0.717, 1.165) is 36.8 Å². The number of thiophene rings is 1. The minimum Gasteiger partial charge on any atom is -0.369 e. The van der Waals surface area contributed by atoms with Gasteiger partial charge in [-0.15, -0.1) is 11.3 Å². The summed E-state index contributed by atoms with van der Waals surface area (Å²) in [6.45, 7) is 2.10. The molecular formula is C21H21FN2O2S. The summed E-state index contributed by atoms with van der Waals surface area (Å²) < 4.78 is 21.6. The predicted octanol–water partition coefficient (Wildman–Crippen LogP) is 4.08. The number of carbonyl (C=O) groups is 1. The standard InChI is InChI=1S/C21H21FN2O2S/c1-23-17-3-2-16(22)12-15(17)13-18(23)20(25)24-8-6-21(7-9-24)19-14(4-10-26-21)5-11-27-19/h2-3,5,11-13H,4,6-10H2,1H3. The summed E-state index contributed by atoms with van der Waals surface area (Å²) in [5.74, 6) is -0.278. The number of hydrogen-bond donors (Lipinski definition) is 0. The number of benzene rings is 1. The number of aromatic nitrogens is 1. The smallest absolute Gasteiger partial charge is 0.270 e. The molecule has 2 aromatic heterocycles. The Hall–Kier alpha value is -2.18. The molecule has 6 heteroatoms. The zero-order chi connectivity index (χ0) is 18.6. The lowest BCUT2D eigenvalue weighted by Gasteiger charge is -2.43. The summed E-state index contributed by atoms with van der Waals surface area (Å²) in [4.78, 5) is 16.4. The van der Waals surface area contributed by atoms with Crippen LogP contribution in [0.1, 0.15) is 33.8 Å². The lowest BCUT2D eigenvalue weighted by Crippen LogP contribution is -2.48. The summed E-state index contributed by atoms with van der Waals surface area (Å²) in [5.41, 5.74) is 2.65. The zero-order valence-corrected chi connectivity index (χ0v) is 16.0. The van der Waals surface area contributed by atoms with E-state index in [0.29, 0.717) is 18.8 Å². The van der Waals surface area contributed by atoms with Gasteiger partial charge in [-0.1, -0.05) is 0 Å². The number of hydrogen-bond acceptors (Lipinski definition) is 3. The lowest BCUT2D eigenvalue weighted by atomic mass is 9.85. The van der Waals surface area contributed by atoms with Crippen molar-refractivity contribution >= 4 is 28.1 Å². The molecule has 5 rings (SSSR count). The predicted molar refractivity (Wildman–Crippen MR) is 104 cm³/mol. The number of aryl methyl sites for hydroxylation is 1. The van der Waals surface area contributed by atoms with Crippen LogP contribution in [0, 0.1) is 5.82 Å². The molecule has 1 aromatic carbocycles. The number of likely N-dealkylation sites (tertiary alicyclic amines) is 1. The molecule has 0 N–H and O–H groups in total. The van der Waals surface area contributed by atoms with E-state index >= 15 is 0 Å². The molecule has 4 heterocycles. The third-order valence-electron chi connectivity index (χ3n) is 5.99. The molecule has 140 valence electrons. The maximum atomic E-state index is 13.5. The van der Waals surface area contributed by atoms with Crippen molar-refractivity contribution in [1.82, 2.24) is 9.47 Å². The van der Waals surface area contributed by atoms with Crippen molar-refractivity contribution in [3.8, 4) is 0 Å². The van der Waals surface area contributed by atoms with Gasteiger partial charge in [-0.25, -0.2) is 4.39 Å². The average molecular weight is 384 g/mol. The van der Waals surface area contributed by atoms with Crippen LogP contribution in [0.25, 0.3) is 10.9 Å². The van der Waals surface area contributed by atoms with Crippen molar-refractivity contribution in [2.24, 2.45) is 7.05 Å². The highest BCUT2D eigenvalue weighted by molar-refractivity contribution is 7.10. The van der Waals surface area contributed by atoms with E-state index in [9.17, 15) is 9.18 Å². The Labute approximate surface area is 161 Å². The summed E-state index contributed by atoms with van der Waals surface area (Å²) in [6, 6.07) is 8.63. The molecule has 2 aliphatic heterocycles. The third-order valence-corrected chi connectivity index (χ3v) is 7.13. The lowest BCUT2D eigenvalue weighted by molar-refractivity contribution is -0.0906. The minimum atomic E-state index is -0.284. The van der Waals surface area contributed by atoms with Crippen molar-refractivity contribution in [3.05, 3.63) is 57.7 Å².